The highest BCUT2D eigenvalue weighted by Crippen LogP contribution is 2.26. The maximum atomic E-state index is 13.5. The Hall–Kier alpha value is -2.47. The van der Waals surface area contributed by atoms with Gasteiger partial charge in [-0.3, -0.25) is 19.3 Å². The van der Waals surface area contributed by atoms with Gasteiger partial charge >= 0.3 is 0 Å². The predicted octanol–water partition coefficient (Wildman–Crippen LogP) is 3.75. The Bertz CT molecular complexity index is 1120. The molecule has 0 radical (unpaired) electrons. The van der Waals surface area contributed by atoms with Crippen LogP contribution in [0.2, 0.25) is 0 Å². The second-order valence-corrected chi connectivity index (χ2v) is 11.4. The highest BCUT2D eigenvalue weighted by molar-refractivity contribution is 7.98. The minimum atomic E-state index is -0.773. The topological polar surface area (TPSA) is 127 Å². The third kappa shape index (κ3) is 8.76. The smallest absolute Gasteiger partial charge is 0.286 e. The van der Waals surface area contributed by atoms with E-state index in [9.17, 15) is 14.4 Å². The molecule has 0 spiro atoms. The zero-order chi connectivity index (χ0) is 27.8. The first-order valence-electron chi connectivity index (χ1n) is 13.8. The van der Waals surface area contributed by atoms with Crippen molar-refractivity contribution in [2.24, 2.45) is 11.8 Å². The number of amides is 2. The van der Waals surface area contributed by atoms with Crippen LogP contribution in [0.1, 0.15) is 72.6 Å². The van der Waals surface area contributed by atoms with Gasteiger partial charge in [0.25, 0.3) is 17.0 Å². The Morgan fingerprint density at radius 2 is 1.77 bits per heavy atom. The number of aromatic nitrogens is 2. The number of nitrogens with one attached hydrogen (secondary N) is 2. The van der Waals surface area contributed by atoms with Gasteiger partial charge in [0.05, 0.1) is 25.2 Å². The molecule has 2 aliphatic rings. The zero-order valence-electron chi connectivity index (χ0n) is 23.4. The lowest BCUT2D eigenvalue weighted by Crippen LogP contribution is -2.52. The summed E-state index contributed by atoms with van der Waals surface area (Å²) in [4.78, 5) is 42.0. The number of carbonyl (C=O) groups excluding carboxylic acids is 3. The molecule has 12 heteroatoms. The number of morpholine rings is 1. The van der Waals surface area contributed by atoms with E-state index in [0.717, 1.165) is 51.3 Å². The lowest BCUT2D eigenvalue weighted by Gasteiger charge is -2.32. The van der Waals surface area contributed by atoms with Crippen LogP contribution in [-0.4, -0.2) is 77.3 Å². The number of hydrogen-bond donors (Lipinski definition) is 2. The van der Waals surface area contributed by atoms with Gasteiger partial charge in [0.2, 0.25) is 11.7 Å². The van der Waals surface area contributed by atoms with Gasteiger partial charge in [-0.1, -0.05) is 50.6 Å². The van der Waals surface area contributed by atoms with Crippen LogP contribution >= 0.6 is 24.2 Å². The van der Waals surface area contributed by atoms with E-state index in [0.29, 0.717) is 30.0 Å². The molecular formula is C28H40ClN5O5S. The number of carbonyl (C=O) groups is 3. The van der Waals surface area contributed by atoms with Crippen LogP contribution in [0.4, 0.5) is 0 Å². The summed E-state index contributed by atoms with van der Waals surface area (Å²) < 4.78 is 10.8. The number of rotatable bonds is 11. The van der Waals surface area contributed by atoms with E-state index in [1.165, 1.54) is 11.8 Å². The average Bonchev–Trinajstić information content (AvgIpc) is 3.43. The van der Waals surface area contributed by atoms with Crippen molar-refractivity contribution in [1.82, 2.24) is 25.7 Å². The van der Waals surface area contributed by atoms with Gasteiger partial charge < -0.3 is 19.8 Å². The lowest BCUT2D eigenvalue weighted by molar-refractivity contribution is -0.127. The summed E-state index contributed by atoms with van der Waals surface area (Å²) in [5, 5.41) is 14.1. The number of hydrogen-bond acceptors (Lipinski definition) is 9. The molecule has 0 unspecified atom stereocenters. The van der Waals surface area contributed by atoms with E-state index in [1.807, 2.05) is 38.1 Å². The van der Waals surface area contributed by atoms with Crippen LogP contribution < -0.4 is 10.6 Å². The Labute approximate surface area is 246 Å². The highest BCUT2D eigenvalue weighted by atomic mass is 35.5. The number of benzene rings is 1. The summed E-state index contributed by atoms with van der Waals surface area (Å²) in [6.07, 6.45) is 5.41. The normalized spacial score (nSPS) is 20.4. The fraction of sp³-hybridized carbons (Fsp3) is 0.607. The van der Waals surface area contributed by atoms with Crippen LogP contribution in [0.15, 0.2) is 33.9 Å². The van der Waals surface area contributed by atoms with E-state index in [1.54, 1.807) is 6.26 Å². The van der Waals surface area contributed by atoms with Crippen molar-refractivity contribution in [2.45, 2.75) is 69.8 Å². The van der Waals surface area contributed by atoms with Gasteiger partial charge in [-0.2, -0.15) is 0 Å². The number of Topliss-reactive ketones (excluding diaryl/α,β-unsaturated/α-hetero) is 1. The summed E-state index contributed by atoms with van der Waals surface area (Å²) in [7, 11) is 0. The summed E-state index contributed by atoms with van der Waals surface area (Å²) in [6, 6.07) is 6.57. The minimum absolute atomic E-state index is 0. The molecule has 1 aliphatic carbocycles. The van der Waals surface area contributed by atoms with Gasteiger partial charge in [0.15, 0.2) is 0 Å². The van der Waals surface area contributed by atoms with Crippen molar-refractivity contribution < 1.29 is 23.5 Å². The summed E-state index contributed by atoms with van der Waals surface area (Å²) in [5.74, 6) is -1.17. The van der Waals surface area contributed by atoms with Crippen molar-refractivity contribution in [1.29, 1.82) is 0 Å². The van der Waals surface area contributed by atoms with Crippen molar-refractivity contribution in [3.05, 3.63) is 41.3 Å². The number of ketones is 1. The third-order valence-electron chi connectivity index (χ3n) is 7.28. The molecule has 220 valence electrons. The SMILES string of the molecule is CSc1nnc(C(=O)[C@H](CC(C)C)NC(=O)[C@@H]2CCCC[C@@H]2NC(=O)c2ccc(CN3CCOCC3)cc2)o1.Cl. The molecule has 3 atom stereocenters. The van der Waals surface area contributed by atoms with Crippen LogP contribution in [0.25, 0.3) is 0 Å². The number of nitrogens with zero attached hydrogens (tertiary/aromatic N) is 3. The Morgan fingerprint density at radius 1 is 1.07 bits per heavy atom. The molecule has 1 aliphatic heterocycles. The standard InChI is InChI=1S/C28H39N5O5S.ClH/c1-18(2)16-23(24(34)27-31-32-28(38-27)39-3)30-26(36)21-6-4-5-7-22(21)29-25(35)20-10-8-19(9-11-20)17-33-12-14-37-15-13-33;/h8-11,18,21-23H,4-7,12-17H2,1-3H3,(H,29,35)(H,30,36);1H/t21-,22+,23+;/m1./s1. The van der Waals surface area contributed by atoms with Crippen LogP contribution in [0.5, 0.6) is 0 Å². The summed E-state index contributed by atoms with van der Waals surface area (Å²) >= 11 is 1.26. The van der Waals surface area contributed by atoms with Gasteiger partial charge in [-0.25, -0.2) is 0 Å². The Kier molecular flexibility index (Phi) is 12.4. The van der Waals surface area contributed by atoms with E-state index in [4.69, 9.17) is 9.15 Å². The molecular weight excluding hydrogens is 554 g/mol. The molecule has 10 nitrogen and oxygen atoms in total. The first-order valence-corrected chi connectivity index (χ1v) is 15.0. The quantitative estimate of drug-likeness (QED) is 0.296. The molecule has 4 rings (SSSR count). The molecule has 1 saturated carbocycles. The molecule has 40 heavy (non-hydrogen) atoms. The molecule has 1 aromatic heterocycles. The van der Waals surface area contributed by atoms with Gasteiger partial charge in [-0.05, 0) is 49.1 Å². The van der Waals surface area contributed by atoms with Crippen LogP contribution in [0, 0.1) is 11.8 Å². The fourth-order valence-corrected chi connectivity index (χ4v) is 5.46. The lowest BCUT2D eigenvalue weighted by atomic mass is 9.83. The zero-order valence-corrected chi connectivity index (χ0v) is 25.0. The Morgan fingerprint density at radius 3 is 2.42 bits per heavy atom. The van der Waals surface area contributed by atoms with Crippen molar-refractivity contribution in [3.8, 4) is 0 Å². The van der Waals surface area contributed by atoms with Crippen LogP contribution in [-0.2, 0) is 16.1 Å². The van der Waals surface area contributed by atoms with E-state index in [2.05, 4.69) is 25.7 Å². The number of halogens is 1. The maximum Gasteiger partial charge on any atom is 0.286 e. The molecule has 2 amide bonds. The molecule has 1 aromatic carbocycles. The fourth-order valence-electron chi connectivity index (χ4n) is 5.17. The van der Waals surface area contributed by atoms with Gasteiger partial charge in [-0.15, -0.1) is 22.6 Å². The largest absolute Gasteiger partial charge is 0.408 e. The first kappa shape index (κ1) is 32.0. The number of ether oxygens (including phenoxy) is 1. The van der Waals surface area contributed by atoms with E-state index in [-0.39, 0.29) is 42.1 Å². The molecule has 0 bridgehead atoms. The minimum Gasteiger partial charge on any atom is -0.408 e. The predicted molar refractivity (Wildman–Crippen MR) is 155 cm³/mol. The maximum absolute atomic E-state index is 13.5. The highest BCUT2D eigenvalue weighted by Gasteiger charge is 2.35. The summed E-state index contributed by atoms with van der Waals surface area (Å²) in [5.41, 5.74) is 1.72. The monoisotopic (exact) mass is 593 g/mol. The average molecular weight is 594 g/mol. The third-order valence-corrected chi connectivity index (χ3v) is 7.79. The molecule has 2 aromatic rings. The van der Waals surface area contributed by atoms with E-state index < -0.39 is 17.7 Å². The first-order chi connectivity index (χ1) is 18.8. The van der Waals surface area contributed by atoms with Crippen molar-refractivity contribution >= 4 is 41.8 Å². The second kappa shape index (κ2) is 15.5. The van der Waals surface area contributed by atoms with E-state index >= 15 is 0 Å². The van der Waals surface area contributed by atoms with Gasteiger partial charge in [0.1, 0.15) is 0 Å². The van der Waals surface area contributed by atoms with Gasteiger partial charge in [0, 0.05) is 31.2 Å². The molecule has 2 fully saturated rings. The van der Waals surface area contributed by atoms with Crippen molar-refractivity contribution in [2.75, 3.05) is 32.6 Å². The second-order valence-electron chi connectivity index (χ2n) is 10.7. The van der Waals surface area contributed by atoms with Crippen molar-refractivity contribution in [3.63, 3.8) is 0 Å². The van der Waals surface area contributed by atoms with Crippen LogP contribution in [0.3, 0.4) is 0 Å². The molecule has 2 N–H and O–H groups in total. The molecule has 2 heterocycles. The molecule has 1 saturated heterocycles. The Balaban J connectivity index is 0.00000441. The summed E-state index contributed by atoms with van der Waals surface area (Å²) in [6.45, 7) is 8.12. The number of thioether (sulfide) groups is 1.